The Morgan fingerprint density at radius 2 is 1.65 bits per heavy atom. The van der Waals surface area contributed by atoms with Crippen LogP contribution in [-0.4, -0.2) is 45.9 Å². The van der Waals surface area contributed by atoms with Crippen molar-refractivity contribution in [3.05, 3.63) is 97.9 Å². The Kier molecular flexibility index (Phi) is 7.79. The largest absolute Gasteiger partial charge is 0.366 e. The molecule has 1 atom stereocenters. The average Bonchev–Trinajstić information content (AvgIpc) is 3.24. The van der Waals surface area contributed by atoms with Crippen LogP contribution < -0.4 is 15.4 Å². The van der Waals surface area contributed by atoms with Crippen molar-refractivity contribution in [2.75, 3.05) is 36.0 Å². The fourth-order valence-electron chi connectivity index (χ4n) is 5.29. The van der Waals surface area contributed by atoms with E-state index in [0.717, 1.165) is 5.56 Å². The lowest BCUT2D eigenvalue weighted by Gasteiger charge is -2.38. The van der Waals surface area contributed by atoms with Crippen LogP contribution in [0.5, 0.6) is 0 Å². The molecule has 3 heterocycles. The zero-order chi connectivity index (χ0) is 28.6. The molecule has 10 heteroatoms. The van der Waals surface area contributed by atoms with Gasteiger partial charge in [0.15, 0.2) is 0 Å². The predicted octanol–water partition coefficient (Wildman–Crippen LogP) is 4.99. The van der Waals surface area contributed by atoms with Gasteiger partial charge in [-0.25, -0.2) is 4.39 Å². The summed E-state index contributed by atoms with van der Waals surface area (Å²) in [5, 5.41) is 9.79. The predicted molar refractivity (Wildman–Crippen MR) is 162 cm³/mol. The highest BCUT2D eigenvalue weighted by molar-refractivity contribution is 8.26. The zero-order valence-corrected chi connectivity index (χ0v) is 24.1. The Morgan fingerprint density at radius 1 is 1.02 bits per heavy atom. The van der Waals surface area contributed by atoms with Crippen molar-refractivity contribution in [1.29, 1.82) is 5.26 Å². The van der Waals surface area contributed by atoms with Crippen molar-refractivity contribution in [3.8, 4) is 6.07 Å². The van der Waals surface area contributed by atoms with Gasteiger partial charge in [-0.2, -0.15) is 5.26 Å². The van der Waals surface area contributed by atoms with E-state index >= 15 is 0 Å². The van der Waals surface area contributed by atoms with Gasteiger partial charge < -0.3 is 9.80 Å². The van der Waals surface area contributed by atoms with Crippen molar-refractivity contribution in [2.45, 2.75) is 19.9 Å². The van der Waals surface area contributed by atoms with Gasteiger partial charge in [-0.05, 0) is 43.2 Å². The Balaban J connectivity index is 1.52. The van der Waals surface area contributed by atoms with Crippen LogP contribution in [0.3, 0.4) is 0 Å². The number of aromatic nitrogens is 1. The lowest BCUT2D eigenvalue weighted by molar-refractivity contribution is -0.123. The number of halogens is 1. The summed E-state index contributed by atoms with van der Waals surface area (Å²) in [4.78, 5) is 32.9. The number of nitriles is 1. The van der Waals surface area contributed by atoms with Crippen molar-refractivity contribution < 1.29 is 9.18 Å². The summed E-state index contributed by atoms with van der Waals surface area (Å²) in [5.41, 5.74) is 2.30. The number of carbonyl (C=O) groups is 1. The highest BCUT2D eigenvalue weighted by atomic mass is 32.2. The minimum atomic E-state index is -0.395. The molecule has 2 fully saturated rings. The third kappa shape index (κ3) is 4.91. The van der Waals surface area contributed by atoms with Crippen LogP contribution in [0.4, 0.5) is 15.9 Å². The number of hydrogen-bond acceptors (Lipinski definition) is 7. The first-order valence-electron chi connectivity index (χ1n) is 12.9. The first kappa shape index (κ1) is 27.6. The normalized spacial score (nSPS) is 17.5. The number of benzene rings is 2. The van der Waals surface area contributed by atoms with Gasteiger partial charge >= 0.3 is 0 Å². The standard InChI is InChI=1S/C30H28FN5O2S2/c1-19-22(17-26-29(38)36(30(39)40-26)20(2)21-9-5-4-6-10-21)27(33(3)28(37)23(19)18-32)35-15-13-34(14-16-35)25-12-8-7-11-24(25)31/h4-12,17,20H,13-16H2,1-3H3/b26-17+. The summed E-state index contributed by atoms with van der Waals surface area (Å²) in [5.74, 6) is 0.134. The number of piperazine rings is 1. The smallest absolute Gasteiger partial charge is 0.270 e. The second-order valence-electron chi connectivity index (χ2n) is 9.78. The highest BCUT2D eigenvalue weighted by Crippen LogP contribution is 2.39. The monoisotopic (exact) mass is 573 g/mol. The maximum atomic E-state index is 14.4. The number of thioether (sulfide) groups is 1. The van der Waals surface area contributed by atoms with Gasteiger partial charge in [0.05, 0.1) is 16.6 Å². The van der Waals surface area contributed by atoms with Crippen molar-refractivity contribution >= 4 is 51.8 Å². The molecule has 1 amide bonds. The number of thiocarbonyl (C=S) groups is 1. The van der Waals surface area contributed by atoms with Crippen LogP contribution in [-0.2, 0) is 11.8 Å². The molecule has 2 aliphatic heterocycles. The van der Waals surface area contributed by atoms with E-state index in [0.29, 0.717) is 58.0 Å². The summed E-state index contributed by atoms with van der Waals surface area (Å²) in [6, 6.07) is 18.2. The molecule has 5 rings (SSSR count). The summed E-state index contributed by atoms with van der Waals surface area (Å²) in [6.07, 6.45) is 1.76. The molecule has 204 valence electrons. The molecule has 2 aromatic carbocycles. The Labute approximate surface area is 242 Å². The maximum Gasteiger partial charge on any atom is 0.270 e. The summed E-state index contributed by atoms with van der Waals surface area (Å²) >= 11 is 6.83. The molecule has 0 spiro atoms. The second-order valence-corrected chi connectivity index (χ2v) is 11.5. The molecule has 0 bridgehead atoms. The molecule has 1 aromatic heterocycles. The molecular weight excluding hydrogens is 545 g/mol. The number of anilines is 2. The summed E-state index contributed by atoms with van der Waals surface area (Å²) < 4.78 is 16.3. The molecule has 40 heavy (non-hydrogen) atoms. The lowest BCUT2D eigenvalue weighted by atomic mass is 10.0. The van der Waals surface area contributed by atoms with Gasteiger partial charge in [-0.1, -0.05) is 66.4 Å². The number of amides is 1. The van der Waals surface area contributed by atoms with Gasteiger partial charge in [0, 0.05) is 38.8 Å². The quantitative estimate of drug-likeness (QED) is 0.315. The van der Waals surface area contributed by atoms with Gasteiger partial charge in [-0.15, -0.1) is 0 Å². The van der Waals surface area contributed by atoms with Crippen LogP contribution in [0.1, 0.15) is 35.2 Å². The Hall–Kier alpha value is -3.94. The number of nitrogens with zero attached hydrogens (tertiary/aromatic N) is 5. The van der Waals surface area contributed by atoms with E-state index in [9.17, 15) is 19.2 Å². The minimum absolute atomic E-state index is 0.0376. The summed E-state index contributed by atoms with van der Waals surface area (Å²) in [7, 11) is 1.64. The molecular formula is C30H28FN5O2S2. The summed E-state index contributed by atoms with van der Waals surface area (Å²) in [6.45, 7) is 5.82. The van der Waals surface area contributed by atoms with Gasteiger partial charge in [-0.3, -0.25) is 19.1 Å². The second kappa shape index (κ2) is 11.3. The first-order chi connectivity index (χ1) is 19.2. The molecule has 1 unspecified atom stereocenters. The SMILES string of the molecule is Cc1c(/C=C2/SC(=S)N(C(C)c3ccccc3)C2=O)c(N2CCN(c3ccccc3F)CC2)n(C)c(=O)c1C#N. The number of rotatable bonds is 5. The molecule has 0 N–H and O–H groups in total. The van der Waals surface area contributed by atoms with Crippen LogP contribution in [0, 0.1) is 24.1 Å². The van der Waals surface area contributed by atoms with E-state index in [1.54, 1.807) is 37.1 Å². The van der Waals surface area contributed by atoms with Gasteiger partial charge in [0.2, 0.25) is 0 Å². The van der Waals surface area contributed by atoms with Crippen molar-refractivity contribution in [2.24, 2.45) is 7.05 Å². The first-order valence-corrected chi connectivity index (χ1v) is 14.2. The average molecular weight is 574 g/mol. The van der Waals surface area contributed by atoms with Gasteiger partial charge in [0.25, 0.3) is 11.5 Å². The van der Waals surface area contributed by atoms with E-state index < -0.39 is 5.56 Å². The fraction of sp³-hybridized carbons (Fsp3) is 0.267. The van der Waals surface area contributed by atoms with Crippen LogP contribution >= 0.6 is 24.0 Å². The molecule has 2 aliphatic rings. The highest BCUT2D eigenvalue weighted by Gasteiger charge is 2.37. The topological polar surface area (TPSA) is 72.6 Å². The van der Waals surface area contributed by atoms with Crippen LogP contribution in [0.25, 0.3) is 6.08 Å². The molecule has 7 nitrogen and oxygen atoms in total. The Bertz CT molecular complexity index is 1620. The van der Waals surface area contributed by atoms with Crippen LogP contribution in [0.15, 0.2) is 64.3 Å². The molecule has 0 aliphatic carbocycles. The zero-order valence-electron chi connectivity index (χ0n) is 22.4. The van der Waals surface area contributed by atoms with Crippen LogP contribution in [0.2, 0.25) is 0 Å². The number of pyridine rings is 1. The van der Waals surface area contributed by atoms with E-state index in [1.807, 2.05) is 54.3 Å². The Morgan fingerprint density at radius 3 is 2.30 bits per heavy atom. The van der Waals surface area contributed by atoms with E-state index in [1.165, 1.54) is 22.4 Å². The fourth-order valence-corrected chi connectivity index (χ4v) is 6.69. The molecule has 0 saturated carbocycles. The maximum absolute atomic E-state index is 14.4. The molecule has 2 saturated heterocycles. The van der Waals surface area contributed by atoms with E-state index in [-0.39, 0.29) is 23.3 Å². The van der Waals surface area contributed by atoms with Crippen molar-refractivity contribution in [1.82, 2.24) is 9.47 Å². The molecule has 0 radical (unpaired) electrons. The van der Waals surface area contributed by atoms with Crippen molar-refractivity contribution in [3.63, 3.8) is 0 Å². The minimum Gasteiger partial charge on any atom is -0.366 e. The lowest BCUT2D eigenvalue weighted by Crippen LogP contribution is -2.48. The third-order valence-corrected chi connectivity index (χ3v) is 8.84. The third-order valence-electron chi connectivity index (χ3n) is 7.51. The van der Waals surface area contributed by atoms with Gasteiger partial charge in [0.1, 0.15) is 27.6 Å². The van der Waals surface area contributed by atoms with E-state index in [2.05, 4.69) is 4.90 Å². The number of hydrogen-bond donors (Lipinski definition) is 0. The molecule has 3 aromatic rings. The van der Waals surface area contributed by atoms with E-state index in [4.69, 9.17) is 12.2 Å². The number of carbonyl (C=O) groups excluding carboxylic acids is 1. The number of para-hydroxylation sites is 1.